The van der Waals surface area contributed by atoms with Gasteiger partial charge in [0.05, 0.1) is 10.8 Å². The van der Waals surface area contributed by atoms with Gasteiger partial charge in [0.1, 0.15) is 6.04 Å². The summed E-state index contributed by atoms with van der Waals surface area (Å²) in [5, 5.41) is 5.32. The van der Waals surface area contributed by atoms with Gasteiger partial charge in [-0.05, 0) is 81.4 Å². The van der Waals surface area contributed by atoms with E-state index in [-0.39, 0.29) is 46.8 Å². The standard InChI is InChI=1S/C30H35ClN4O4/c31-22-9-5-10-23-26(22)30(29(39)32-23)13-16-34(17-14-30)15-3-1-2-6-19-7-4-8-20-21(19)18-35(28(20)38)24-11-12-25(36)33-27(24)37/h4-5,7-10,22,24,26H,1-3,6,11-18H2,(H,32,39)(H,33,36,37). The highest BCUT2D eigenvalue weighted by Crippen LogP contribution is 2.50. The number of nitrogens with one attached hydrogen (secondary N) is 2. The van der Waals surface area contributed by atoms with E-state index in [9.17, 15) is 19.2 Å². The Hall–Kier alpha value is -2.97. The van der Waals surface area contributed by atoms with Gasteiger partial charge >= 0.3 is 0 Å². The van der Waals surface area contributed by atoms with Crippen molar-refractivity contribution in [2.45, 2.75) is 69.3 Å². The van der Waals surface area contributed by atoms with E-state index in [4.69, 9.17) is 11.6 Å². The first kappa shape index (κ1) is 26.3. The fourth-order valence-corrected chi connectivity index (χ4v) is 7.66. The van der Waals surface area contributed by atoms with Crippen LogP contribution in [0.15, 0.2) is 42.1 Å². The van der Waals surface area contributed by atoms with Gasteiger partial charge in [-0.1, -0.05) is 30.7 Å². The molecule has 39 heavy (non-hydrogen) atoms. The number of carbonyl (C=O) groups excluding carboxylic acids is 4. The summed E-state index contributed by atoms with van der Waals surface area (Å²) < 4.78 is 0. The third-order valence-corrected chi connectivity index (χ3v) is 9.77. The molecule has 3 unspecified atom stereocenters. The zero-order valence-corrected chi connectivity index (χ0v) is 22.8. The molecule has 9 heteroatoms. The van der Waals surface area contributed by atoms with Gasteiger partial charge in [-0.15, -0.1) is 11.6 Å². The number of rotatable bonds is 7. The number of nitrogens with zero attached hydrogens (tertiary/aromatic N) is 2. The highest BCUT2D eigenvalue weighted by Gasteiger charge is 2.56. The topological polar surface area (TPSA) is 98.8 Å². The SMILES string of the molecule is O=C1CCC(N2Cc3c(CCCCCN4CCC5(CC4)C(=O)NC4=CC=CC(Cl)C45)cccc3C2=O)C(=O)N1. The lowest BCUT2D eigenvalue weighted by atomic mass is 9.67. The molecule has 3 fully saturated rings. The lowest BCUT2D eigenvalue weighted by molar-refractivity contribution is -0.137. The average Bonchev–Trinajstić information content (AvgIpc) is 3.40. The second-order valence-electron chi connectivity index (χ2n) is 11.5. The van der Waals surface area contributed by atoms with Crippen LogP contribution in [0.2, 0.25) is 0 Å². The van der Waals surface area contributed by atoms with Crippen molar-refractivity contribution in [2.75, 3.05) is 19.6 Å². The highest BCUT2D eigenvalue weighted by molar-refractivity contribution is 6.22. The van der Waals surface area contributed by atoms with Gasteiger partial charge in [-0.25, -0.2) is 0 Å². The lowest BCUT2D eigenvalue weighted by Gasteiger charge is -2.42. The van der Waals surface area contributed by atoms with E-state index >= 15 is 0 Å². The fourth-order valence-electron chi connectivity index (χ4n) is 7.20. The van der Waals surface area contributed by atoms with Crippen LogP contribution < -0.4 is 10.6 Å². The van der Waals surface area contributed by atoms with E-state index in [0.29, 0.717) is 18.5 Å². The number of aryl methyl sites for hydroxylation is 1. The van der Waals surface area contributed by atoms with Gasteiger partial charge < -0.3 is 15.1 Å². The first-order chi connectivity index (χ1) is 18.9. The van der Waals surface area contributed by atoms with E-state index in [0.717, 1.165) is 69.4 Å². The molecule has 0 bridgehead atoms. The van der Waals surface area contributed by atoms with Crippen molar-refractivity contribution in [1.29, 1.82) is 0 Å². The maximum atomic E-state index is 13.1. The second-order valence-corrected chi connectivity index (χ2v) is 12.0. The number of benzene rings is 1. The number of amides is 4. The van der Waals surface area contributed by atoms with Crippen LogP contribution in [0.1, 0.15) is 66.4 Å². The third kappa shape index (κ3) is 4.72. The molecular formula is C30H35ClN4O4. The molecule has 1 aromatic rings. The number of likely N-dealkylation sites (tertiary alicyclic amines) is 1. The quantitative estimate of drug-likeness (QED) is 0.309. The fraction of sp³-hybridized carbons (Fsp3) is 0.533. The lowest BCUT2D eigenvalue weighted by Crippen LogP contribution is -2.52. The molecular weight excluding hydrogens is 516 g/mol. The van der Waals surface area contributed by atoms with Crippen molar-refractivity contribution in [1.82, 2.24) is 20.4 Å². The number of allylic oxidation sites excluding steroid dienone is 4. The second kappa shape index (κ2) is 10.5. The molecule has 0 radical (unpaired) electrons. The van der Waals surface area contributed by atoms with Crippen LogP contribution in [-0.2, 0) is 27.3 Å². The van der Waals surface area contributed by atoms with E-state index in [1.165, 1.54) is 5.56 Å². The Morgan fingerprint density at radius 3 is 2.64 bits per heavy atom. The molecule has 6 rings (SSSR count). The summed E-state index contributed by atoms with van der Waals surface area (Å²) in [6, 6.07) is 5.28. The minimum Gasteiger partial charge on any atom is -0.329 e. The number of hydrogen-bond acceptors (Lipinski definition) is 5. The van der Waals surface area contributed by atoms with Crippen molar-refractivity contribution in [2.24, 2.45) is 11.3 Å². The molecule has 2 N–H and O–H groups in total. The van der Waals surface area contributed by atoms with Gasteiger partial charge in [-0.3, -0.25) is 24.5 Å². The monoisotopic (exact) mass is 550 g/mol. The number of piperidine rings is 2. The van der Waals surface area contributed by atoms with Crippen molar-refractivity contribution < 1.29 is 19.2 Å². The van der Waals surface area contributed by atoms with E-state index < -0.39 is 6.04 Å². The van der Waals surface area contributed by atoms with Gasteiger partial charge in [0, 0.05) is 30.1 Å². The first-order valence-electron chi connectivity index (χ1n) is 14.2. The third-order valence-electron chi connectivity index (χ3n) is 9.38. The van der Waals surface area contributed by atoms with Gasteiger partial charge in [0.15, 0.2) is 0 Å². The van der Waals surface area contributed by atoms with Crippen LogP contribution >= 0.6 is 11.6 Å². The number of imide groups is 1. The number of hydrogen-bond donors (Lipinski definition) is 2. The molecule has 0 aromatic heterocycles. The predicted molar refractivity (Wildman–Crippen MR) is 147 cm³/mol. The zero-order valence-electron chi connectivity index (χ0n) is 22.1. The summed E-state index contributed by atoms with van der Waals surface area (Å²) in [5.74, 6) is -0.568. The molecule has 5 aliphatic rings. The number of unbranched alkanes of at least 4 members (excludes halogenated alkanes) is 2. The van der Waals surface area contributed by atoms with Crippen LogP contribution in [0.5, 0.6) is 0 Å². The largest absolute Gasteiger partial charge is 0.329 e. The Morgan fingerprint density at radius 2 is 1.85 bits per heavy atom. The Kier molecular flexibility index (Phi) is 7.10. The summed E-state index contributed by atoms with van der Waals surface area (Å²) in [4.78, 5) is 54.0. The van der Waals surface area contributed by atoms with E-state index in [2.05, 4.69) is 21.6 Å². The maximum absolute atomic E-state index is 13.1. The molecule has 206 valence electrons. The molecule has 4 aliphatic heterocycles. The number of fused-ring (bicyclic) bond motifs is 3. The van der Waals surface area contributed by atoms with Gasteiger partial charge in [0.2, 0.25) is 17.7 Å². The van der Waals surface area contributed by atoms with E-state index in [1.807, 2.05) is 30.4 Å². The minimum absolute atomic E-state index is 0.0595. The number of alkyl halides is 1. The zero-order chi connectivity index (χ0) is 27.1. The summed E-state index contributed by atoms with van der Waals surface area (Å²) in [5.41, 5.74) is 3.47. The van der Waals surface area contributed by atoms with Crippen LogP contribution in [0.4, 0.5) is 0 Å². The predicted octanol–water partition coefficient (Wildman–Crippen LogP) is 3.05. The highest BCUT2D eigenvalue weighted by atomic mass is 35.5. The number of halogens is 1. The molecule has 4 heterocycles. The summed E-state index contributed by atoms with van der Waals surface area (Å²) >= 11 is 6.63. The Morgan fingerprint density at radius 1 is 1.03 bits per heavy atom. The van der Waals surface area contributed by atoms with Crippen molar-refractivity contribution >= 4 is 35.2 Å². The van der Waals surface area contributed by atoms with Crippen molar-refractivity contribution in [3.63, 3.8) is 0 Å². The van der Waals surface area contributed by atoms with Crippen LogP contribution in [0.25, 0.3) is 0 Å². The number of carbonyl (C=O) groups is 4. The van der Waals surface area contributed by atoms with Crippen molar-refractivity contribution in [3.05, 3.63) is 58.8 Å². The molecule has 1 spiro atoms. The Balaban J connectivity index is 0.977. The van der Waals surface area contributed by atoms with E-state index in [1.54, 1.807) is 4.90 Å². The summed E-state index contributed by atoms with van der Waals surface area (Å²) in [6.45, 7) is 3.27. The van der Waals surface area contributed by atoms with Gasteiger partial charge in [0.25, 0.3) is 5.91 Å². The van der Waals surface area contributed by atoms with Crippen LogP contribution in [0, 0.1) is 11.3 Å². The molecule has 8 nitrogen and oxygen atoms in total. The summed E-state index contributed by atoms with van der Waals surface area (Å²) in [6.07, 6.45) is 12.3. The Bertz CT molecular complexity index is 1270. The Labute approximate surface area is 233 Å². The molecule has 3 saturated heterocycles. The molecule has 1 aromatic carbocycles. The minimum atomic E-state index is -0.582. The molecule has 1 aliphatic carbocycles. The smallest absolute Gasteiger partial charge is 0.255 e. The molecule has 0 saturated carbocycles. The molecule has 3 atom stereocenters. The maximum Gasteiger partial charge on any atom is 0.255 e. The average molecular weight is 551 g/mol. The van der Waals surface area contributed by atoms with Gasteiger partial charge in [-0.2, -0.15) is 0 Å². The first-order valence-corrected chi connectivity index (χ1v) is 14.6. The van der Waals surface area contributed by atoms with Crippen LogP contribution in [0.3, 0.4) is 0 Å². The van der Waals surface area contributed by atoms with Crippen LogP contribution in [-0.4, -0.2) is 64.5 Å². The normalized spacial score (nSPS) is 27.9. The summed E-state index contributed by atoms with van der Waals surface area (Å²) in [7, 11) is 0. The molecule has 4 amide bonds. The van der Waals surface area contributed by atoms with Crippen molar-refractivity contribution in [3.8, 4) is 0 Å².